The minimum atomic E-state index is -3.15. The highest BCUT2D eigenvalue weighted by Crippen LogP contribution is 2.30. The number of halogens is 3. The molecule has 0 radical (unpaired) electrons. The van der Waals surface area contributed by atoms with Crippen LogP contribution in [-0.2, 0) is 12.5 Å². The number of aromatic nitrogens is 1. The van der Waals surface area contributed by atoms with E-state index in [0.29, 0.717) is 11.1 Å². The maximum Gasteiger partial charge on any atom is 0.420 e. The molecule has 3 rings (SSSR count). The molecular formula is C15H10F2INO2. The summed E-state index contributed by atoms with van der Waals surface area (Å²) in [7, 11) is 0. The lowest BCUT2D eigenvalue weighted by Gasteiger charge is -2.16. The second-order valence-corrected chi connectivity index (χ2v) is 5.88. The monoisotopic (exact) mass is 401 g/mol. The predicted octanol–water partition coefficient (Wildman–Crippen LogP) is 3.99. The molecule has 6 heteroatoms. The van der Waals surface area contributed by atoms with E-state index in [1.807, 2.05) is 0 Å². The maximum atomic E-state index is 14.3. The molecule has 21 heavy (non-hydrogen) atoms. The van der Waals surface area contributed by atoms with Gasteiger partial charge in [0.1, 0.15) is 0 Å². The first-order valence-electron chi connectivity index (χ1n) is 6.20. The Morgan fingerprint density at radius 3 is 2.57 bits per heavy atom. The van der Waals surface area contributed by atoms with E-state index < -0.39 is 18.2 Å². The van der Waals surface area contributed by atoms with Crippen LogP contribution in [-0.4, -0.2) is 4.57 Å². The van der Waals surface area contributed by atoms with Gasteiger partial charge in [-0.05, 0) is 40.8 Å². The van der Waals surface area contributed by atoms with E-state index in [1.165, 1.54) is 12.1 Å². The highest BCUT2D eigenvalue weighted by Gasteiger charge is 2.33. The summed E-state index contributed by atoms with van der Waals surface area (Å²) in [6, 6.07) is 12.4. The molecule has 0 atom stereocenters. The zero-order valence-electron chi connectivity index (χ0n) is 10.7. The van der Waals surface area contributed by atoms with Gasteiger partial charge in [0.05, 0.1) is 12.1 Å². The summed E-state index contributed by atoms with van der Waals surface area (Å²) < 4.78 is 35.5. The van der Waals surface area contributed by atoms with E-state index in [2.05, 4.69) is 22.6 Å². The van der Waals surface area contributed by atoms with Gasteiger partial charge in [-0.1, -0.05) is 30.3 Å². The first-order valence-corrected chi connectivity index (χ1v) is 7.27. The molecule has 0 bridgehead atoms. The molecule has 0 fully saturated rings. The Balaban J connectivity index is 2.06. The van der Waals surface area contributed by atoms with E-state index in [0.717, 1.165) is 8.14 Å². The van der Waals surface area contributed by atoms with E-state index >= 15 is 0 Å². The summed E-state index contributed by atoms with van der Waals surface area (Å²) in [4.78, 5) is 11.8. The fraction of sp³-hybridized carbons (Fsp3) is 0.133. The van der Waals surface area contributed by atoms with Crippen LogP contribution in [0.3, 0.4) is 0 Å². The molecule has 3 nitrogen and oxygen atoms in total. The second kappa shape index (κ2) is 5.25. The average Bonchev–Trinajstić information content (AvgIpc) is 2.75. The van der Waals surface area contributed by atoms with Gasteiger partial charge in [-0.25, -0.2) is 4.79 Å². The van der Waals surface area contributed by atoms with Crippen molar-refractivity contribution >= 4 is 33.7 Å². The number of hydrogen-bond acceptors (Lipinski definition) is 2. The van der Waals surface area contributed by atoms with Gasteiger partial charge in [0.15, 0.2) is 5.58 Å². The van der Waals surface area contributed by atoms with Crippen molar-refractivity contribution in [3.05, 3.63) is 68.2 Å². The summed E-state index contributed by atoms with van der Waals surface area (Å²) in [5.74, 6) is -3.92. The van der Waals surface area contributed by atoms with Crippen LogP contribution in [0.4, 0.5) is 8.78 Å². The topological polar surface area (TPSA) is 35.1 Å². The molecule has 0 aliphatic heterocycles. The van der Waals surface area contributed by atoms with Crippen LogP contribution < -0.4 is 5.76 Å². The first kappa shape index (κ1) is 14.2. The fourth-order valence-electron chi connectivity index (χ4n) is 2.16. The number of benzene rings is 2. The number of hydrogen-bond donors (Lipinski definition) is 0. The average molecular weight is 401 g/mol. The Labute approximate surface area is 132 Å². The third kappa shape index (κ3) is 2.72. The van der Waals surface area contributed by atoms with Crippen LogP contribution in [0.1, 0.15) is 5.56 Å². The largest absolute Gasteiger partial charge is 0.420 e. The normalized spacial score (nSPS) is 12.0. The molecule has 3 aromatic rings. The number of fused-ring (bicyclic) bond motifs is 1. The third-order valence-electron chi connectivity index (χ3n) is 3.18. The smallest absolute Gasteiger partial charge is 0.408 e. The number of oxazole rings is 1. The third-order valence-corrected chi connectivity index (χ3v) is 3.85. The standard InChI is InChI=1S/C15H10F2INO2/c16-15(17,10-4-2-1-3-5-10)9-19-12-7-6-11(18)8-13(12)21-14(19)20/h1-8H,9H2. The van der Waals surface area contributed by atoms with Crippen LogP contribution >= 0.6 is 22.6 Å². The highest BCUT2D eigenvalue weighted by atomic mass is 127. The number of rotatable bonds is 3. The van der Waals surface area contributed by atoms with Crippen molar-refractivity contribution in [3.8, 4) is 0 Å². The van der Waals surface area contributed by atoms with Crippen molar-refractivity contribution in [2.24, 2.45) is 0 Å². The van der Waals surface area contributed by atoms with Gasteiger partial charge >= 0.3 is 5.76 Å². The highest BCUT2D eigenvalue weighted by molar-refractivity contribution is 14.1. The van der Waals surface area contributed by atoms with Crippen LogP contribution in [0, 0.1) is 3.57 Å². The van der Waals surface area contributed by atoms with Crippen molar-refractivity contribution < 1.29 is 13.2 Å². The molecule has 0 N–H and O–H groups in total. The number of nitrogens with zero attached hydrogens (tertiary/aromatic N) is 1. The van der Waals surface area contributed by atoms with Gasteiger partial charge in [-0.15, -0.1) is 0 Å². The molecule has 0 saturated carbocycles. The minimum absolute atomic E-state index is 0.128. The van der Waals surface area contributed by atoms with Gasteiger partial charge in [-0.2, -0.15) is 8.78 Å². The Hall–Kier alpha value is -1.70. The predicted molar refractivity (Wildman–Crippen MR) is 83.5 cm³/mol. The van der Waals surface area contributed by atoms with E-state index in [-0.39, 0.29) is 5.56 Å². The summed E-state index contributed by atoms with van der Waals surface area (Å²) in [6.07, 6.45) is 0. The van der Waals surface area contributed by atoms with Gasteiger partial charge in [0.25, 0.3) is 5.92 Å². The SMILES string of the molecule is O=c1oc2cc(I)ccc2n1CC(F)(F)c1ccccc1. The lowest BCUT2D eigenvalue weighted by atomic mass is 10.1. The molecule has 108 valence electrons. The first-order chi connectivity index (χ1) is 9.97. The van der Waals surface area contributed by atoms with Crippen molar-refractivity contribution in [1.29, 1.82) is 0 Å². The maximum absolute atomic E-state index is 14.3. The molecular weight excluding hydrogens is 391 g/mol. The van der Waals surface area contributed by atoms with E-state index in [9.17, 15) is 13.6 Å². The Morgan fingerprint density at radius 1 is 1.14 bits per heavy atom. The second-order valence-electron chi connectivity index (χ2n) is 4.64. The van der Waals surface area contributed by atoms with Gasteiger partial charge in [0, 0.05) is 9.13 Å². The lowest BCUT2D eigenvalue weighted by Crippen LogP contribution is -2.27. The summed E-state index contributed by atoms with van der Waals surface area (Å²) >= 11 is 2.07. The zero-order chi connectivity index (χ0) is 15.0. The van der Waals surface area contributed by atoms with Crippen molar-refractivity contribution in [2.75, 3.05) is 0 Å². The van der Waals surface area contributed by atoms with Gasteiger partial charge in [-0.3, -0.25) is 4.57 Å². The number of alkyl halides is 2. The zero-order valence-corrected chi connectivity index (χ0v) is 12.9. The van der Waals surface area contributed by atoms with Crippen LogP contribution in [0.15, 0.2) is 57.7 Å². The Kier molecular flexibility index (Phi) is 3.56. The minimum Gasteiger partial charge on any atom is -0.408 e. The summed E-state index contributed by atoms with van der Waals surface area (Å²) in [5.41, 5.74) is 0.559. The molecule has 0 spiro atoms. The van der Waals surface area contributed by atoms with Crippen molar-refractivity contribution in [1.82, 2.24) is 4.57 Å². The molecule has 0 aliphatic rings. The van der Waals surface area contributed by atoms with E-state index in [1.54, 1.807) is 36.4 Å². The Bertz CT molecular complexity index is 840. The molecule has 2 aromatic carbocycles. The summed E-state index contributed by atoms with van der Waals surface area (Å²) in [5, 5.41) is 0. The lowest BCUT2D eigenvalue weighted by molar-refractivity contribution is -0.0228. The Morgan fingerprint density at radius 2 is 1.86 bits per heavy atom. The fourth-order valence-corrected chi connectivity index (χ4v) is 2.62. The van der Waals surface area contributed by atoms with E-state index in [4.69, 9.17) is 4.42 Å². The quantitative estimate of drug-likeness (QED) is 0.623. The molecule has 0 unspecified atom stereocenters. The van der Waals surface area contributed by atoms with Crippen LogP contribution in [0.25, 0.3) is 11.1 Å². The van der Waals surface area contributed by atoms with Gasteiger partial charge < -0.3 is 4.42 Å². The van der Waals surface area contributed by atoms with Crippen LogP contribution in [0.2, 0.25) is 0 Å². The van der Waals surface area contributed by atoms with Crippen molar-refractivity contribution in [3.63, 3.8) is 0 Å². The summed E-state index contributed by atoms with van der Waals surface area (Å²) in [6.45, 7) is -0.747. The molecule has 1 aromatic heterocycles. The molecule has 0 amide bonds. The van der Waals surface area contributed by atoms with Crippen LogP contribution in [0.5, 0.6) is 0 Å². The van der Waals surface area contributed by atoms with Gasteiger partial charge in [0.2, 0.25) is 0 Å². The molecule has 1 heterocycles. The van der Waals surface area contributed by atoms with Crippen molar-refractivity contribution in [2.45, 2.75) is 12.5 Å². The molecule has 0 saturated heterocycles. The molecule has 0 aliphatic carbocycles.